The molecule has 0 aliphatic rings. The molecule has 3 nitrogen and oxygen atoms in total. The van der Waals surface area contributed by atoms with Crippen molar-refractivity contribution >= 4 is 11.3 Å². The maximum atomic E-state index is 9.34. The van der Waals surface area contributed by atoms with Gasteiger partial charge in [-0.2, -0.15) is 5.26 Å². The van der Waals surface area contributed by atoms with E-state index < -0.39 is 12.2 Å². The molecule has 1 rings (SSSR count). The normalized spacial score (nSPS) is 15.2. The van der Waals surface area contributed by atoms with Crippen molar-refractivity contribution in [2.24, 2.45) is 0 Å². The van der Waals surface area contributed by atoms with Gasteiger partial charge in [0.05, 0.1) is 6.07 Å². The summed E-state index contributed by atoms with van der Waals surface area (Å²) in [4.78, 5) is 0.626. The van der Waals surface area contributed by atoms with Gasteiger partial charge in [0.15, 0.2) is 6.10 Å². The van der Waals surface area contributed by atoms with Crippen molar-refractivity contribution in [3.63, 3.8) is 0 Å². The molecular weight excluding hydrogens is 174 g/mol. The van der Waals surface area contributed by atoms with E-state index in [1.54, 1.807) is 12.1 Å². The topological polar surface area (TPSA) is 64.2 Å². The van der Waals surface area contributed by atoms with Gasteiger partial charge in [0, 0.05) is 4.88 Å². The van der Waals surface area contributed by atoms with Gasteiger partial charge in [0.25, 0.3) is 0 Å². The molecular formula is C8H9NO2S. The largest absolute Gasteiger partial charge is 0.384 e. The smallest absolute Gasteiger partial charge is 0.171 e. The number of rotatable bonds is 2. The van der Waals surface area contributed by atoms with Crippen molar-refractivity contribution in [2.75, 3.05) is 0 Å². The van der Waals surface area contributed by atoms with E-state index in [0.29, 0.717) is 4.88 Å². The average Bonchev–Trinajstić information content (AvgIpc) is 2.49. The summed E-state index contributed by atoms with van der Waals surface area (Å²) in [5.74, 6) is 0. The van der Waals surface area contributed by atoms with Crippen LogP contribution in [0.5, 0.6) is 0 Å². The summed E-state index contributed by atoms with van der Waals surface area (Å²) in [6.45, 7) is 1.89. The summed E-state index contributed by atoms with van der Waals surface area (Å²) >= 11 is 1.34. The van der Waals surface area contributed by atoms with Crippen molar-refractivity contribution in [1.82, 2.24) is 0 Å². The van der Waals surface area contributed by atoms with Crippen LogP contribution >= 0.6 is 11.3 Å². The van der Waals surface area contributed by atoms with E-state index in [4.69, 9.17) is 10.4 Å². The quantitative estimate of drug-likeness (QED) is 0.671. The molecule has 0 aromatic carbocycles. The Labute approximate surface area is 74.5 Å². The van der Waals surface area contributed by atoms with Crippen LogP contribution in [-0.4, -0.2) is 16.3 Å². The molecule has 0 spiro atoms. The van der Waals surface area contributed by atoms with Crippen LogP contribution in [0.2, 0.25) is 0 Å². The van der Waals surface area contributed by atoms with E-state index in [0.717, 1.165) is 5.56 Å². The second-order valence-corrected chi connectivity index (χ2v) is 3.49. The third kappa shape index (κ3) is 1.83. The highest BCUT2D eigenvalue weighted by Gasteiger charge is 2.18. The third-order valence-corrected chi connectivity index (χ3v) is 2.59. The highest BCUT2D eigenvalue weighted by atomic mass is 32.1. The van der Waals surface area contributed by atoms with Gasteiger partial charge in [-0.25, -0.2) is 0 Å². The van der Waals surface area contributed by atoms with Gasteiger partial charge in [-0.3, -0.25) is 0 Å². The summed E-state index contributed by atoms with van der Waals surface area (Å²) in [5.41, 5.74) is 1.03. The van der Waals surface area contributed by atoms with E-state index >= 15 is 0 Å². The molecule has 0 fully saturated rings. The molecule has 12 heavy (non-hydrogen) atoms. The van der Waals surface area contributed by atoms with Crippen LogP contribution in [0, 0.1) is 18.3 Å². The van der Waals surface area contributed by atoms with Gasteiger partial charge < -0.3 is 10.2 Å². The first-order valence-corrected chi connectivity index (χ1v) is 4.34. The lowest BCUT2D eigenvalue weighted by atomic mass is 10.2. The van der Waals surface area contributed by atoms with Crippen molar-refractivity contribution in [3.05, 3.63) is 21.9 Å². The number of nitriles is 1. The number of nitrogens with zero attached hydrogens (tertiary/aromatic N) is 1. The summed E-state index contributed by atoms with van der Waals surface area (Å²) in [6, 6.07) is 3.34. The predicted molar refractivity (Wildman–Crippen MR) is 45.6 cm³/mol. The fourth-order valence-electron chi connectivity index (χ4n) is 0.835. The molecule has 1 aromatic rings. The molecule has 0 saturated carbocycles. The summed E-state index contributed by atoms with van der Waals surface area (Å²) < 4.78 is 0. The van der Waals surface area contributed by atoms with Crippen LogP contribution in [0.4, 0.5) is 0 Å². The first kappa shape index (κ1) is 9.20. The predicted octanol–water partition coefficient (Wildman–Crippen LogP) is 0.974. The van der Waals surface area contributed by atoms with Crippen molar-refractivity contribution in [1.29, 1.82) is 5.26 Å². The Morgan fingerprint density at radius 2 is 2.25 bits per heavy atom. The second kappa shape index (κ2) is 3.68. The first-order chi connectivity index (χ1) is 5.65. The zero-order valence-electron chi connectivity index (χ0n) is 6.56. The zero-order valence-corrected chi connectivity index (χ0v) is 7.38. The van der Waals surface area contributed by atoms with E-state index in [9.17, 15) is 5.11 Å². The Bertz CT molecular complexity index is 302. The Morgan fingerprint density at radius 3 is 2.67 bits per heavy atom. The molecule has 2 atom stereocenters. The van der Waals surface area contributed by atoms with Crippen molar-refractivity contribution in [3.8, 4) is 6.07 Å². The monoisotopic (exact) mass is 183 g/mol. The van der Waals surface area contributed by atoms with Crippen LogP contribution in [0.25, 0.3) is 0 Å². The van der Waals surface area contributed by atoms with Gasteiger partial charge in [-0.05, 0) is 23.9 Å². The Kier molecular flexibility index (Phi) is 2.82. The number of aryl methyl sites for hydroxylation is 1. The van der Waals surface area contributed by atoms with Crippen LogP contribution in [-0.2, 0) is 0 Å². The maximum absolute atomic E-state index is 9.34. The minimum absolute atomic E-state index is 0.626. The van der Waals surface area contributed by atoms with E-state index in [-0.39, 0.29) is 0 Å². The van der Waals surface area contributed by atoms with Gasteiger partial charge in [-0.15, -0.1) is 11.3 Å². The molecule has 4 heteroatoms. The highest BCUT2D eigenvalue weighted by Crippen LogP contribution is 2.23. The lowest BCUT2D eigenvalue weighted by Crippen LogP contribution is -2.14. The van der Waals surface area contributed by atoms with Gasteiger partial charge in [0.1, 0.15) is 6.10 Å². The molecule has 0 bridgehead atoms. The number of hydrogen-bond acceptors (Lipinski definition) is 4. The highest BCUT2D eigenvalue weighted by molar-refractivity contribution is 7.10. The maximum Gasteiger partial charge on any atom is 0.171 e. The minimum Gasteiger partial charge on any atom is -0.384 e. The molecule has 2 N–H and O–H groups in total. The van der Waals surface area contributed by atoms with E-state index in [1.807, 2.05) is 12.3 Å². The summed E-state index contributed by atoms with van der Waals surface area (Å²) in [5, 5.41) is 28.5. The molecule has 2 unspecified atom stereocenters. The van der Waals surface area contributed by atoms with Gasteiger partial charge >= 0.3 is 0 Å². The molecule has 0 aliphatic carbocycles. The Morgan fingerprint density at radius 1 is 1.58 bits per heavy atom. The molecule has 0 aliphatic heterocycles. The minimum atomic E-state index is -1.33. The molecule has 1 heterocycles. The number of aliphatic hydroxyl groups is 2. The lowest BCUT2D eigenvalue weighted by molar-refractivity contribution is 0.0552. The molecule has 64 valence electrons. The van der Waals surface area contributed by atoms with E-state index in [1.165, 1.54) is 11.3 Å². The fourth-order valence-corrected chi connectivity index (χ4v) is 1.75. The molecule has 0 saturated heterocycles. The Balaban J connectivity index is 2.79. The third-order valence-electron chi connectivity index (χ3n) is 1.47. The number of hydrogen-bond donors (Lipinski definition) is 2. The standard InChI is InChI=1S/C8H9NO2S/c1-5-2-7(12-4-5)8(11)6(10)3-9/h2,4,6,8,10-11H,1H3. The van der Waals surface area contributed by atoms with Crippen LogP contribution in [0.1, 0.15) is 16.5 Å². The summed E-state index contributed by atoms with van der Waals surface area (Å²) in [7, 11) is 0. The molecule has 0 radical (unpaired) electrons. The second-order valence-electron chi connectivity index (χ2n) is 2.55. The van der Waals surface area contributed by atoms with Gasteiger partial charge in [-0.1, -0.05) is 0 Å². The van der Waals surface area contributed by atoms with Crippen molar-refractivity contribution < 1.29 is 10.2 Å². The SMILES string of the molecule is Cc1csc(C(O)C(O)C#N)c1. The fraction of sp³-hybridized carbons (Fsp3) is 0.375. The average molecular weight is 183 g/mol. The van der Waals surface area contributed by atoms with Crippen LogP contribution < -0.4 is 0 Å². The van der Waals surface area contributed by atoms with Crippen LogP contribution in [0.3, 0.4) is 0 Å². The van der Waals surface area contributed by atoms with Gasteiger partial charge in [0.2, 0.25) is 0 Å². The van der Waals surface area contributed by atoms with E-state index in [2.05, 4.69) is 0 Å². The van der Waals surface area contributed by atoms with Crippen LogP contribution in [0.15, 0.2) is 11.4 Å². The Hall–Kier alpha value is -0.890. The molecule has 0 amide bonds. The van der Waals surface area contributed by atoms with Crippen molar-refractivity contribution in [2.45, 2.75) is 19.1 Å². The number of aliphatic hydroxyl groups excluding tert-OH is 2. The zero-order chi connectivity index (χ0) is 9.14. The molecule has 1 aromatic heterocycles. The number of thiophene rings is 1. The first-order valence-electron chi connectivity index (χ1n) is 3.46. The lowest BCUT2D eigenvalue weighted by Gasteiger charge is -2.07. The summed E-state index contributed by atoms with van der Waals surface area (Å²) in [6.07, 6.45) is -2.41.